The van der Waals surface area contributed by atoms with Crippen LogP contribution in [-0.2, 0) is 24.0 Å². The smallest absolute Gasteiger partial charge is 0.222 e. The summed E-state index contributed by atoms with van der Waals surface area (Å²) in [4.78, 5) is 23.1. The lowest BCUT2D eigenvalue weighted by atomic mass is 9.82. The first-order chi connectivity index (χ1) is 20.8. The van der Waals surface area contributed by atoms with E-state index in [1.165, 1.54) is 0 Å². The molecule has 1 saturated heterocycles. The minimum absolute atomic E-state index is 0.257. The fraction of sp³-hybridized carbons (Fsp3) is 0.265. The van der Waals surface area contributed by atoms with Crippen LogP contribution >= 0.6 is 23.2 Å². The number of halogens is 2. The number of likely N-dealkylation sites (tertiary alicyclic amines) is 1. The minimum atomic E-state index is -1.49. The maximum atomic E-state index is 12.5. The molecular weight excluding hydrogens is 581 g/mol. The van der Waals surface area contributed by atoms with Crippen LogP contribution in [0, 0.1) is 0 Å². The number of aliphatic hydroxyl groups is 1. The third kappa shape index (κ3) is 6.04. The van der Waals surface area contributed by atoms with Crippen molar-refractivity contribution in [2.45, 2.75) is 31.4 Å². The molecule has 9 heteroatoms. The van der Waals surface area contributed by atoms with Crippen LogP contribution in [-0.4, -0.2) is 50.1 Å². The fourth-order valence-electron chi connectivity index (χ4n) is 5.90. The van der Waals surface area contributed by atoms with Crippen molar-refractivity contribution in [1.29, 1.82) is 0 Å². The lowest BCUT2D eigenvalue weighted by molar-refractivity contribution is -0.127. The van der Waals surface area contributed by atoms with Gasteiger partial charge in [-0.3, -0.25) is 9.78 Å². The zero-order valence-corrected chi connectivity index (χ0v) is 25.4. The Labute approximate surface area is 261 Å². The average Bonchev–Trinajstić information content (AvgIpc) is 3.63. The zero-order valence-electron chi connectivity index (χ0n) is 23.9. The topological polar surface area (TPSA) is 83.3 Å². The van der Waals surface area contributed by atoms with Crippen molar-refractivity contribution in [2.24, 2.45) is 7.05 Å². The number of nitrogens with one attached hydrogen (secondary N) is 1. The van der Waals surface area contributed by atoms with Crippen molar-refractivity contribution >= 4 is 40.0 Å². The van der Waals surface area contributed by atoms with Crippen molar-refractivity contribution in [3.05, 3.63) is 118 Å². The molecule has 43 heavy (non-hydrogen) atoms. The highest BCUT2D eigenvalue weighted by Gasteiger charge is 2.37. The molecule has 3 heterocycles. The number of aromatic nitrogens is 3. The largest absolute Gasteiger partial charge is 0.374 e. The van der Waals surface area contributed by atoms with Gasteiger partial charge in [-0.25, -0.2) is 4.98 Å². The van der Waals surface area contributed by atoms with Crippen molar-refractivity contribution in [1.82, 2.24) is 24.8 Å². The summed E-state index contributed by atoms with van der Waals surface area (Å²) in [6.45, 7) is 3.02. The number of pyridine rings is 1. The predicted molar refractivity (Wildman–Crippen MR) is 171 cm³/mol. The lowest BCUT2D eigenvalue weighted by Crippen LogP contribution is -2.31. The van der Waals surface area contributed by atoms with E-state index in [1.54, 1.807) is 24.7 Å². The summed E-state index contributed by atoms with van der Waals surface area (Å²) in [6, 6.07) is 23.0. The molecular formula is C34H33Cl2N5O2. The summed E-state index contributed by atoms with van der Waals surface area (Å²) < 4.78 is 1.82. The minimum Gasteiger partial charge on any atom is -0.374 e. The van der Waals surface area contributed by atoms with Gasteiger partial charge in [0, 0.05) is 48.5 Å². The normalized spacial score (nSPS) is 14.9. The number of rotatable bonds is 10. The summed E-state index contributed by atoms with van der Waals surface area (Å²) in [5.41, 5.74) is 4.12. The van der Waals surface area contributed by atoms with Gasteiger partial charge in [0.25, 0.3) is 0 Å². The Morgan fingerprint density at radius 1 is 1.00 bits per heavy atom. The van der Waals surface area contributed by atoms with Crippen LogP contribution in [0.4, 0.5) is 0 Å². The van der Waals surface area contributed by atoms with Gasteiger partial charge in [-0.15, -0.1) is 0 Å². The summed E-state index contributed by atoms with van der Waals surface area (Å²) in [5.74, 6) is 0.257. The van der Waals surface area contributed by atoms with E-state index in [2.05, 4.69) is 16.4 Å². The molecule has 220 valence electrons. The fourth-order valence-corrected chi connectivity index (χ4v) is 6.22. The summed E-state index contributed by atoms with van der Waals surface area (Å²) in [5, 5.41) is 18.1. The van der Waals surface area contributed by atoms with E-state index in [0.29, 0.717) is 39.8 Å². The Morgan fingerprint density at radius 2 is 1.81 bits per heavy atom. The second-order valence-corrected chi connectivity index (χ2v) is 11.9. The van der Waals surface area contributed by atoms with Crippen molar-refractivity contribution in [3.8, 4) is 11.1 Å². The van der Waals surface area contributed by atoms with Crippen LogP contribution in [0.25, 0.3) is 22.0 Å². The number of aryl methyl sites for hydroxylation is 1. The zero-order chi connectivity index (χ0) is 30.0. The molecule has 2 aromatic heterocycles. The predicted octanol–water partition coefficient (Wildman–Crippen LogP) is 6.33. The Kier molecular flexibility index (Phi) is 8.50. The molecule has 1 aliphatic rings. The molecule has 1 atom stereocenters. The SMILES string of the molecule is Cn1cncc1C(O)(c1ccc(Cl)cc1)c1ccc2nc(CNCCCN3CCCC3=O)cc(-c3cccc(Cl)c3)c2c1. The third-order valence-corrected chi connectivity index (χ3v) is 8.61. The van der Waals surface area contributed by atoms with E-state index in [-0.39, 0.29) is 5.91 Å². The molecule has 1 amide bonds. The molecule has 3 aromatic carbocycles. The molecule has 0 saturated carbocycles. The van der Waals surface area contributed by atoms with Crippen LogP contribution in [0.3, 0.4) is 0 Å². The van der Waals surface area contributed by atoms with Gasteiger partial charge in [-0.2, -0.15) is 0 Å². The molecule has 0 aliphatic carbocycles. The van der Waals surface area contributed by atoms with Crippen LogP contribution in [0.1, 0.15) is 41.8 Å². The van der Waals surface area contributed by atoms with Gasteiger partial charge in [0.15, 0.2) is 5.60 Å². The van der Waals surface area contributed by atoms with Gasteiger partial charge in [-0.1, -0.05) is 53.5 Å². The molecule has 0 spiro atoms. The van der Waals surface area contributed by atoms with E-state index in [4.69, 9.17) is 28.2 Å². The Balaban J connectivity index is 1.38. The molecule has 0 radical (unpaired) electrons. The van der Waals surface area contributed by atoms with Crippen LogP contribution in [0.15, 0.2) is 85.3 Å². The molecule has 2 N–H and O–H groups in total. The van der Waals surface area contributed by atoms with E-state index >= 15 is 0 Å². The van der Waals surface area contributed by atoms with Gasteiger partial charge < -0.3 is 19.9 Å². The first kappa shape index (κ1) is 29.3. The van der Waals surface area contributed by atoms with Gasteiger partial charge in [0.05, 0.1) is 29.4 Å². The number of carbonyl (C=O) groups excluding carboxylic acids is 1. The standard InChI is InChI=1S/C34H33Cl2N5O2/c1-40-22-38-21-32(40)34(43,24-8-11-26(35)12-9-24)25-10-13-31-30(18-25)29(23-5-2-6-27(36)17-23)19-28(39-31)20-37-14-4-16-41-15-3-7-33(41)42/h2,5-6,8-13,17-19,21-22,37,43H,3-4,7,14-16,20H2,1H3. The summed E-state index contributed by atoms with van der Waals surface area (Å²) >= 11 is 12.6. The number of amides is 1. The Hall–Kier alpha value is -3.75. The van der Waals surface area contributed by atoms with Crippen molar-refractivity contribution in [2.75, 3.05) is 19.6 Å². The number of fused-ring (bicyclic) bond motifs is 1. The van der Waals surface area contributed by atoms with Gasteiger partial charge in [0.2, 0.25) is 5.91 Å². The van der Waals surface area contributed by atoms with Gasteiger partial charge in [-0.05, 0) is 84.1 Å². The average molecular weight is 615 g/mol. The van der Waals surface area contributed by atoms with E-state index < -0.39 is 5.60 Å². The summed E-state index contributed by atoms with van der Waals surface area (Å²) in [7, 11) is 1.87. The van der Waals surface area contributed by atoms with Crippen LogP contribution < -0.4 is 5.32 Å². The highest BCUT2D eigenvalue weighted by molar-refractivity contribution is 6.31. The van der Waals surface area contributed by atoms with Crippen molar-refractivity contribution in [3.63, 3.8) is 0 Å². The molecule has 7 nitrogen and oxygen atoms in total. The second-order valence-electron chi connectivity index (χ2n) is 11.0. The van der Waals surface area contributed by atoms with Crippen LogP contribution in [0.5, 0.6) is 0 Å². The molecule has 1 aliphatic heterocycles. The first-order valence-corrected chi connectivity index (χ1v) is 15.2. The number of benzene rings is 3. The lowest BCUT2D eigenvalue weighted by Gasteiger charge is -2.30. The first-order valence-electron chi connectivity index (χ1n) is 14.5. The summed E-state index contributed by atoms with van der Waals surface area (Å²) in [6.07, 6.45) is 5.88. The van der Waals surface area contributed by atoms with E-state index in [9.17, 15) is 9.90 Å². The number of imidazole rings is 1. The molecule has 5 aromatic rings. The Bertz CT molecular complexity index is 1770. The van der Waals surface area contributed by atoms with E-state index in [1.807, 2.05) is 71.1 Å². The Morgan fingerprint density at radius 3 is 2.53 bits per heavy atom. The molecule has 6 rings (SSSR count). The van der Waals surface area contributed by atoms with E-state index in [0.717, 1.165) is 60.2 Å². The number of carbonyl (C=O) groups is 1. The highest BCUT2D eigenvalue weighted by atomic mass is 35.5. The monoisotopic (exact) mass is 613 g/mol. The van der Waals surface area contributed by atoms with Gasteiger partial charge in [0.1, 0.15) is 0 Å². The maximum Gasteiger partial charge on any atom is 0.222 e. The van der Waals surface area contributed by atoms with Crippen LogP contribution in [0.2, 0.25) is 10.0 Å². The maximum absolute atomic E-state index is 12.5. The third-order valence-electron chi connectivity index (χ3n) is 8.12. The number of hydrogen-bond donors (Lipinski definition) is 2. The molecule has 1 unspecified atom stereocenters. The number of hydrogen-bond acceptors (Lipinski definition) is 5. The highest BCUT2D eigenvalue weighted by Crippen LogP contribution is 2.40. The second kappa shape index (κ2) is 12.5. The molecule has 1 fully saturated rings. The van der Waals surface area contributed by atoms with Gasteiger partial charge >= 0.3 is 0 Å². The number of nitrogens with zero attached hydrogens (tertiary/aromatic N) is 4. The van der Waals surface area contributed by atoms with Crippen molar-refractivity contribution < 1.29 is 9.90 Å². The quantitative estimate of drug-likeness (QED) is 0.180. The molecule has 0 bridgehead atoms.